The molecule has 2 aromatic rings. The number of benzene rings is 1. The largest absolute Gasteiger partial charge is 0.493 e. The summed E-state index contributed by atoms with van der Waals surface area (Å²) in [6, 6.07) is 4.45. The van der Waals surface area contributed by atoms with Gasteiger partial charge in [-0.25, -0.2) is 4.39 Å². The van der Waals surface area contributed by atoms with E-state index in [1.54, 1.807) is 0 Å². The number of nitrogens with two attached hydrogens (primary N) is 1. The SMILES string of the molecule is COc1c([C@H]2C[C@@](C)(CC(F)(F)F)O[C@H]2C(=O)Nc2ccnc(C(N)=O)c2)ccc(F)c1F. The number of hydrogen-bond acceptors (Lipinski definition) is 5. The Morgan fingerprint density at radius 2 is 2.00 bits per heavy atom. The molecule has 3 N–H and O–H groups in total. The standard InChI is InChI=1S/C21H20F5N3O4/c1-20(9-21(24,25)26)8-12(11-3-4-13(22)15(23)16(11)32-2)17(33-20)19(31)29-10-5-6-28-14(7-10)18(27)30/h3-7,12,17H,8-9H2,1-2H3,(H2,27,30)(H,28,29,31)/t12-,17-,20+/m1/s1. The third-order valence-electron chi connectivity index (χ3n) is 5.23. The van der Waals surface area contributed by atoms with Crippen LogP contribution in [-0.2, 0) is 9.53 Å². The van der Waals surface area contributed by atoms with E-state index < -0.39 is 59.4 Å². The predicted molar refractivity (Wildman–Crippen MR) is 106 cm³/mol. The molecule has 7 nitrogen and oxygen atoms in total. The molecular weight excluding hydrogens is 453 g/mol. The first-order chi connectivity index (χ1) is 15.3. The van der Waals surface area contributed by atoms with Crippen molar-refractivity contribution in [1.29, 1.82) is 0 Å². The first kappa shape index (κ1) is 24.4. The maximum atomic E-state index is 14.3. The van der Waals surface area contributed by atoms with Crippen LogP contribution in [0.4, 0.5) is 27.6 Å². The van der Waals surface area contributed by atoms with E-state index in [9.17, 15) is 31.5 Å². The van der Waals surface area contributed by atoms with Crippen LogP contribution in [0, 0.1) is 11.6 Å². The number of alkyl halides is 3. The number of pyridine rings is 1. The maximum Gasteiger partial charge on any atom is 0.391 e. The van der Waals surface area contributed by atoms with Gasteiger partial charge >= 0.3 is 6.18 Å². The number of halogens is 5. The molecule has 1 aromatic heterocycles. The average molecular weight is 473 g/mol. The molecule has 3 rings (SSSR count). The number of carbonyl (C=O) groups is 2. The number of aromatic nitrogens is 1. The fraction of sp³-hybridized carbons (Fsp3) is 0.381. The number of primary amides is 1. The van der Waals surface area contributed by atoms with E-state index in [-0.39, 0.29) is 23.4 Å². The summed E-state index contributed by atoms with van der Waals surface area (Å²) in [6.45, 7) is 1.19. The van der Waals surface area contributed by atoms with E-state index in [0.717, 1.165) is 19.2 Å². The van der Waals surface area contributed by atoms with Crippen LogP contribution in [-0.4, -0.2) is 41.8 Å². The summed E-state index contributed by atoms with van der Waals surface area (Å²) in [5, 5.41) is 2.44. The molecule has 0 bridgehead atoms. The van der Waals surface area contributed by atoms with Crippen LogP contribution >= 0.6 is 0 Å². The fourth-order valence-electron chi connectivity index (χ4n) is 3.96. The van der Waals surface area contributed by atoms with Gasteiger partial charge in [0.25, 0.3) is 11.8 Å². The third kappa shape index (κ3) is 5.38. The maximum absolute atomic E-state index is 14.3. The van der Waals surface area contributed by atoms with E-state index in [0.29, 0.717) is 0 Å². The molecule has 2 heterocycles. The molecule has 1 aliphatic heterocycles. The van der Waals surface area contributed by atoms with Gasteiger partial charge in [0.2, 0.25) is 5.82 Å². The molecule has 1 fully saturated rings. The monoisotopic (exact) mass is 473 g/mol. The normalized spacial score (nSPS) is 22.8. The zero-order chi connectivity index (χ0) is 24.6. The highest BCUT2D eigenvalue weighted by Crippen LogP contribution is 2.49. The molecule has 0 saturated carbocycles. The van der Waals surface area contributed by atoms with Crippen LogP contribution in [0.1, 0.15) is 41.7 Å². The highest BCUT2D eigenvalue weighted by Gasteiger charge is 2.52. The van der Waals surface area contributed by atoms with Crippen LogP contribution in [0.5, 0.6) is 5.75 Å². The molecule has 2 amide bonds. The van der Waals surface area contributed by atoms with Crippen molar-refractivity contribution in [2.75, 3.05) is 12.4 Å². The summed E-state index contributed by atoms with van der Waals surface area (Å²) in [5.74, 6) is -5.90. The molecule has 1 saturated heterocycles. The third-order valence-corrected chi connectivity index (χ3v) is 5.23. The van der Waals surface area contributed by atoms with Crippen molar-refractivity contribution in [3.05, 3.63) is 53.4 Å². The van der Waals surface area contributed by atoms with Crippen molar-refractivity contribution >= 4 is 17.5 Å². The molecule has 3 atom stereocenters. The second-order valence-corrected chi connectivity index (χ2v) is 7.86. The smallest absolute Gasteiger partial charge is 0.391 e. The lowest BCUT2D eigenvalue weighted by Crippen LogP contribution is -2.36. The van der Waals surface area contributed by atoms with Gasteiger partial charge < -0.3 is 20.5 Å². The zero-order valence-electron chi connectivity index (χ0n) is 17.5. The summed E-state index contributed by atoms with van der Waals surface area (Å²) in [5.41, 5.74) is 3.26. The molecule has 1 aliphatic rings. The Bertz CT molecular complexity index is 1080. The minimum Gasteiger partial charge on any atom is -0.493 e. The van der Waals surface area contributed by atoms with E-state index in [4.69, 9.17) is 15.2 Å². The van der Waals surface area contributed by atoms with Crippen LogP contribution in [0.3, 0.4) is 0 Å². The summed E-state index contributed by atoms with van der Waals surface area (Å²) in [7, 11) is 1.07. The van der Waals surface area contributed by atoms with Gasteiger partial charge in [0.1, 0.15) is 11.8 Å². The second-order valence-electron chi connectivity index (χ2n) is 7.86. The Morgan fingerprint density at radius 1 is 1.30 bits per heavy atom. The number of nitrogens with one attached hydrogen (secondary N) is 1. The van der Waals surface area contributed by atoms with Gasteiger partial charge in [-0.05, 0) is 31.5 Å². The van der Waals surface area contributed by atoms with Crippen molar-refractivity contribution in [3.63, 3.8) is 0 Å². The number of ether oxygens (including phenoxy) is 2. The van der Waals surface area contributed by atoms with Crippen LogP contribution in [0.25, 0.3) is 0 Å². The van der Waals surface area contributed by atoms with Crippen molar-refractivity contribution in [3.8, 4) is 5.75 Å². The van der Waals surface area contributed by atoms with Gasteiger partial charge in [-0.2, -0.15) is 17.6 Å². The van der Waals surface area contributed by atoms with E-state index >= 15 is 0 Å². The van der Waals surface area contributed by atoms with Crippen molar-refractivity contribution < 1.29 is 41.0 Å². The summed E-state index contributed by atoms with van der Waals surface area (Å²) >= 11 is 0. The lowest BCUT2D eigenvalue weighted by Gasteiger charge is -2.25. The number of rotatable bonds is 6. The molecule has 12 heteroatoms. The topological polar surface area (TPSA) is 104 Å². The number of carbonyl (C=O) groups excluding carboxylic acids is 2. The first-order valence-corrected chi connectivity index (χ1v) is 9.67. The molecule has 0 unspecified atom stereocenters. The van der Waals surface area contributed by atoms with E-state index in [1.165, 1.54) is 25.3 Å². The van der Waals surface area contributed by atoms with Gasteiger partial charge in [0.05, 0.1) is 19.1 Å². The Morgan fingerprint density at radius 3 is 2.61 bits per heavy atom. The highest BCUT2D eigenvalue weighted by molar-refractivity contribution is 5.97. The summed E-state index contributed by atoms with van der Waals surface area (Å²) in [4.78, 5) is 28.1. The van der Waals surface area contributed by atoms with Crippen LogP contribution in [0.15, 0.2) is 30.5 Å². The van der Waals surface area contributed by atoms with Gasteiger partial charge in [-0.3, -0.25) is 14.6 Å². The molecule has 0 radical (unpaired) electrons. The Balaban J connectivity index is 1.99. The van der Waals surface area contributed by atoms with E-state index in [1.807, 2.05) is 0 Å². The fourth-order valence-corrected chi connectivity index (χ4v) is 3.96. The molecule has 178 valence electrons. The van der Waals surface area contributed by atoms with Gasteiger partial charge in [-0.1, -0.05) is 6.07 Å². The van der Waals surface area contributed by atoms with Gasteiger partial charge in [0, 0.05) is 23.4 Å². The van der Waals surface area contributed by atoms with Gasteiger partial charge in [0.15, 0.2) is 11.6 Å². The average Bonchev–Trinajstić information content (AvgIpc) is 3.05. The lowest BCUT2D eigenvalue weighted by molar-refractivity contribution is -0.182. The van der Waals surface area contributed by atoms with Crippen molar-refractivity contribution in [2.24, 2.45) is 5.73 Å². The minimum atomic E-state index is -4.61. The quantitative estimate of drug-likeness (QED) is 0.623. The molecule has 33 heavy (non-hydrogen) atoms. The predicted octanol–water partition coefficient (Wildman–Crippen LogP) is 3.69. The minimum absolute atomic E-state index is 0.0185. The second kappa shape index (κ2) is 8.93. The summed E-state index contributed by atoms with van der Waals surface area (Å²) in [6.07, 6.45) is -6.61. The first-order valence-electron chi connectivity index (χ1n) is 9.67. The molecule has 0 spiro atoms. The van der Waals surface area contributed by atoms with Crippen molar-refractivity contribution in [2.45, 2.75) is 43.6 Å². The number of hydrogen-bond donors (Lipinski definition) is 2. The molecular formula is C21H20F5N3O4. The van der Waals surface area contributed by atoms with Crippen LogP contribution < -0.4 is 15.8 Å². The molecule has 0 aliphatic carbocycles. The number of methoxy groups -OCH3 is 1. The van der Waals surface area contributed by atoms with Crippen molar-refractivity contribution in [1.82, 2.24) is 4.98 Å². The lowest BCUT2D eigenvalue weighted by atomic mass is 9.84. The number of amides is 2. The van der Waals surface area contributed by atoms with Crippen LogP contribution in [0.2, 0.25) is 0 Å². The van der Waals surface area contributed by atoms with Gasteiger partial charge in [-0.15, -0.1) is 0 Å². The Kier molecular flexibility index (Phi) is 6.59. The summed E-state index contributed by atoms with van der Waals surface area (Å²) < 4.78 is 78.0. The number of anilines is 1. The Labute approximate surface area is 185 Å². The highest BCUT2D eigenvalue weighted by atomic mass is 19.4. The Hall–Kier alpha value is -3.28. The zero-order valence-corrected chi connectivity index (χ0v) is 17.5. The number of nitrogens with zero attached hydrogens (tertiary/aromatic N) is 1. The molecule has 1 aromatic carbocycles. The van der Waals surface area contributed by atoms with E-state index in [2.05, 4.69) is 10.3 Å².